The number of rotatable bonds is 8. The summed E-state index contributed by atoms with van der Waals surface area (Å²) >= 11 is 0. The minimum atomic E-state index is 0.637. The monoisotopic (exact) mass is 337 g/mol. The van der Waals surface area contributed by atoms with Gasteiger partial charge in [-0.2, -0.15) is 0 Å². The Balaban J connectivity index is 1.63. The third-order valence-electron chi connectivity index (χ3n) is 4.39. The van der Waals surface area contributed by atoms with E-state index < -0.39 is 0 Å². The fourth-order valence-electron chi connectivity index (χ4n) is 2.96. The van der Waals surface area contributed by atoms with Crippen molar-refractivity contribution in [3.8, 4) is 11.5 Å². The maximum atomic E-state index is 11.3. The lowest BCUT2D eigenvalue weighted by molar-refractivity contribution is 0.112. The molecule has 0 spiro atoms. The molecule has 0 fully saturated rings. The maximum absolute atomic E-state index is 11.3. The van der Waals surface area contributed by atoms with Crippen molar-refractivity contribution in [3.05, 3.63) is 59.8 Å². The Morgan fingerprint density at radius 3 is 2.52 bits per heavy atom. The molecule has 1 heterocycles. The zero-order valence-electron chi connectivity index (χ0n) is 14.7. The van der Waals surface area contributed by atoms with Crippen molar-refractivity contribution in [1.29, 1.82) is 0 Å². The van der Waals surface area contributed by atoms with Crippen molar-refractivity contribution in [2.24, 2.45) is 0 Å². The Morgan fingerprint density at radius 2 is 1.84 bits per heavy atom. The predicted molar refractivity (Wildman–Crippen MR) is 99.8 cm³/mol. The third kappa shape index (κ3) is 3.85. The topological polar surface area (TPSA) is 40.5 Å². The highest BCUT2D eigenvalue weighted by Gasteiger charge is 2.09. The van der Waals surface area contributed by atoms with Crippen LogP contribution >= 0.6 is 0 Å². The van der Waals surface area contributed by atoms with E-state index in [1.54, 1.807) is 7.11 Å². The molecular formula is C21H23NO3. The van der Waals surface area contributed by atoms with E-state index in [9.17, 15) is 4.79 Å². The number of aromatic nitrogens is 1. The molecule has 0 saturated carbocycles. The molecule has 0 N–H and O–H groups in total. The SMILES string of the molecule is CCc1ccc(OCCCn2cc(C=O)c3cc(OC)ccc32)cc1. The fraction of sp³-hybridized carbons (Fsp3) is 0.286. The summed E-state index contributed by atoms with van der Waals surface area (Å²) in [4.78, 5) is 11.3. The standard InChI is InChI=1S/C21H23NO3/c1-3-16-5-7-18(8-6-16)25-12-4-11-22-14-17(15-23)20-13-19(24-2)9-10-21(20)22/h5-10,13-15H,3-4,11-12H2,1-2H3. The van der Waals surface area contributed by atoms with Crippen molar-refractivity contribution < 1.29 is 14.3 Å². The number of benzene rings is 2. The second-order valence-corrected chi connectivity index (χ2v) is 5.98. The van der Waals surface area contributed by atoms with Crippen LogP contribution in [0, 0.1) is 0 Å². The van der Waals surface area contributed by atoms with Crippen LogP contribution in [0.1, 0.15) is 29.3 Å². The van der Waals surface area contributed by atoms with Crippen molar-refractivity contribution in [2.75, 3.05) is 13.7 Å². The number of ether oxygens (including phenoxy) is 2. The highest BCUT2D eigenvalue weighted by molar-refractivity contribution is 5.98. The Kier molecular flexibility index (Phi) is 5.39. The van der Waals surface area contributed by atoms with Crippen molar-refractivity contribution in [1.82, 2.24) is 4.57 Å². The second-order valence-electron chi connectivity index (χ2n) is 5.98. The number of fused-ring (bicyclic) bond motifs is 1. The number of carbonyl (C=O) groups is 1. The summed E-state index contributed by atoms with van der Waals surface area (Å²) in [6, 6.07) is 14.0. The molecule has 0 radical (unpaired) electrons. The highest BCUT2D eigenvalue weighted by Crippen LogP contribution is 2.25. The van der Waals surface area contributed by atoms with Gasteiger partial charge in [-0.1, -0.05) is 19.1 Å². The van der Waals surface area contributed by atoms with Crippen LogP contribution in [-0.4, -0.2) is 24.6 Å². The second kappa shape index (κ2) is 7.88. The normalized spacial score (nSPS) is 10.8. The summed E-state index contributed by atoms with van der Waals surface area (Å²) in [6.45, 7) is 3.57. The number of aryl methyl sites for hydroxylation is 2. The van der Waals surface area contributed by atoms with Gasteiger partial charge in [0.05, 0.1) is 13.7 Å². The average Bonchev–Trinajstić information content (AvgIpc) is 3.02. The highest BCUT2D eigenvalue weighted by atomic mass is 16.5. The minimum absolute atomic E-state index is 0.637. The first-order valence-electron chi connectivity index (χ1n) is 8.59. The number of methoxy groups -OCH3 is 1. The molecule has 0 atom stereocenters. The van der Waals surface area contributed by atoms with Gasteiger partial charge in [-0.3, -0.25) is 4.79 Å². The molecule has 25 heavy (non-hydrogen) atoms. The molecule has 0 saturated heterocycles. The molecule has 4 nitrogen and oxygen atoms in total. The Hall–Kier alpha value is -2.75. The molecule has 1 aromatic heterocycles. The number of aldehydes is 1. The smallest absolute Gasteiger partial charge is 0.152 e. The number of hydrogen-bond acceptors (Lipinski definition) is 3. The third-order valence-corrected chi connectivity index (χ3v) is 4.39. The quantitative estimate of drug-likeness (QED) is 0.449. The van der Waals surface area contributed by atoms with Crippen LogP contribution in [0.2, 0.25) is 0 Å². The largest absolute Gasteiger partial charge is 0.497 e. The molecule has 0 aliphatic carbocycles. The summed E-state index contributed by atoms with van der Waals surface area (Å²) < 4.78 is 13.2. The first-order valence-corrected chi connectivity index (χ1v) is 8.59. The summed E-state index contributed by atoms with van der Waals surface area (Å²) in [5.41, 5.74) is 3.03. The van der Waals surface area contributed by atoms with Gasteiger partial charge < -0.3 is 14.0 Å². The first kappa shape index (κ1) is 17.1. The van der Waals surface area contributed by atoms with Crippen LogP contribution in [0.15, 0.2) is 48.7 Å². The average molecular weight is 337 g/mol. The van der Waals surface area contributed by atoms with Crippen LogP contribution in [0.4, 0.5) is 0 Å². The van der Waals surface area contributed by atoms with Gasteiger partial charge in [0.25, 0.3) is 0 Å². The van der Waals surface area contributed by atoms with Gasteiger partial charge in [0.2, 0.25) is 0 Å². The van der Waals surface area contributed by atoms with E-state index in [4.69, 9.17) is 9.47 Å². The van der Waals surface area contributed by atoms with E-state index in [0.29, 0.717) is 12.2 Å². The molecule has 0 bridgehead atoms. The number of nitrogens with zero attached hydrogens (tertiary/aromatic N) is 1. The molecule has 3 rings (SSSR count). The maximum Gasteiger partial charge on any atom is 0.152 e. The van der Waals surface area contributed by atoms with E-state index in [-0.39, 0.29) is 0 Å². The molecule has 2 aromatic carbocycles. The Morgan fingerprint density at radius 1 is 1.08 bits per heavy atom. The van der Waals surface area contributed by atoms with Gasteiger partial charge in [0, 0.05) is 29.2 Å². The van der Waals surface area contributed by atoms with Gasteiger partial charge in [0.15, 0.2) is 6.29 Å². The molecule has 130 valence electrons. The predicted octanol–water partition coefficient (Wildman–Crippen LogP) is 4.49. The van der Waals surface area contributed by atoms with Crippen molar-refractivity contribution in [2.45, 2.75) is 26.3 Å². The lowest BCUT2D eigenvalue weighted by Gasteiger charge is -2.09. The minimum Gasteiger partial charge on any atom is -0.497 e. The zero-order chi connectivity index (χ0) is 17.6. The van der Waals surface area contributed by atoms with Crippen molar-refractivity contribution >= 4 is 17.2 Å². The first-order chi connectivity index (χ1) is 12.2. The van der Waals surface area contributed by atoms with Crippen LogP contribution in [0.25, 0.3) is 10.9 Å². The van der Waals surface area contributed by atoms with E-state index in [2.05, 4.69) is 23.6 Å². The number of hydrogen-bond donors (Lipinski definition) is 0. The lowest BCUT2D eigenvalue weighted by Crippen LogP contribution is -2.03. The Labute approximate surface area is 148 Å². The molecule has 3 aromatic rings. The molecule has 4 heteroatoms. The zero-order valence-corrected chi connectivity index (χ0v) is 14.7. The van der Waals surface area contributed by atoms with Gasteiger partial charge in [-0.25, -0.2) is 0 Å². The van der Waals surface area contributed by atoms with E-state index in [1.807, 2.05) is 36.5 Å². The van der Waals surface area contributed by atoms with Crippen LogP contribution in [-0.2, 0) is 13.0 Å². The van der Waals surface area contributed by atoms with Gasteiger partial charge >= 0.3 is 0 Å². The summed E-state index contributed by atoms with van der Waals surface area (Å²) in [5, 5.41) is 0.922. The molecular weight excluding hydrogens is 314 g/mol. The summed E-state index contributed by atoms with van der Waals surface area (Å²) in [5.74, 6) is 1.65. The van der Waals surface area contributed by atoms with Crippen LogP contribution in [0.5, 0.6) is 11.5 Å². The van der Waals surface area contributed by atoms with Crippen LogP contribution < -0.4 is 9.47 Å². The van der Waals surface area contributed by atoms with Crippen LogP contribution in [0.3, 0.4) is 0 Å². The fourth-order valence-corrected chi connectivity index (χ4v) is 2.96. The van der Waals surface area contributed by atoms with Crippen molar-refractivity contribution in [3.63, 3.8) is 0 Å². The van der Waals surface area contributed by atoms with E-state index in [0.717, 1.165) is 48.1 Å². The molecule has 0 aliphatic heterocycles. The van der Waals surface area contributed by atoms with E-state index in [1.165, 1.54) is 5.56 Å². The van der Waals surface area contributed by atoms with Gasteiger partial charge in [-0.15, -0.1) is 0 Å². The molecule has 0 unspecified atom stereocenters. The van der Waals surface area contributed by atoms with E-state index >= 15 is 0 Å². The molecule has 0 amide bonds. The summed E-state index contributed by atoms with van der Waals surface area (Å²) in [7, 11) is 1.63. The van der Waals surface area contributed by atoms with Gasteiger partial charge in [-0.05, 0) is 48.7 Å². The lowest BCUT2D eigenvalue weighted by atomic mass is 10.2. The molecule has 0 aliphatic rings. The van der Waals surface area contributed by atoms with Gasteiger partial charge in [0.1, 0.15) is 11.5 Å². The Bertz CT molecular complexity index is 849. The number of carbonyl (C=O) groups excluding carboxylic acids is 1. The summed E-state index contributed by atoms with van der Waals surface area (Å²) in [6.07, 6.45) is 4.69.